The van der Waals surface area contributed by atoms with E-state index in [-0.39, 0.29) is 11.7 Å². The lowest BCUT2D eigenvalue weighted by Crippen LogP contribution is -2.14. The number of halogens is 2. The molecule has 0 aliphatic rings. The molecule has 0 atom stereocenters. The summed E-state index contributed by atoms with van der Waals surface area (Å²) in [6.45, 7) is 4.61. The number of ether oxygens (including phenoxy) is 1. The molecule has 0 saturated carbocycles. The van der Waals surface area contributed by atoms with Crippen molar-refractivity contribution in [2.45, 2.75) is 31.5 Å². The number of carbonyl (C=O) groups is 1. The monoisotopic (exact) mass is 508 g/mol. The highest BCUT2D eigenvalue weighted by Gasteiger charge is 2.13. The number of hydrogen-bond donors (Lipinski definition) is 1. The van der Waals surface area contributed by atoms with Gasteiger partial charge in [0.05, 0.1) is 10.8 Å². The molecule has 158 valence electrons. The molecule has 9 heteroatoms. The van der Waals surface area contributed by atoms with E-state index in [2.05, 4.69) is 57.4 Å². The van der Waals surface area contributed by atoms with Crippen molar-refractivity contribution in [1.29, 1.82) is 0 Å². The van der Waals surface area contributed by atoms with E-state index in [9.17, 15) is 4.79 Å². The Kier molecular flexibility index (Phi) is 7.80. The van der Waals surface area contributed by atoms with Crippen molar-refractivity contribution in [1.82, 2.24) is 14.8 Å². The molecule has 0 aliphatic carbocycles. The maximum atomic E-state index is 12.2. The predicted molar refractivity (Wildman–Crippen MR) is 124 cm³/mol. The molecular formula is C21H22BrClN4O2S. The van der Waals surface area contributed by atoms with Crippen molar-refractivity contribution in [2.24, 2.45) is 7.05 Å². The van der Waals surface area contributed by atoms with Crippen molar-refractivity contribution >= 4 is 50.9 Å². The summed E-state index contributed by atoms with van der Waals surface area (Å²) in [6, 6.07) is 13.3. The van der Waals surface area contributed by atoms with Gasteiger partial charge in [0.25, 0.3) is 0 Å². The second kappa shape index (κ2) is 10.3. The van der Waals surface area contributed by atoms with E-state index in [4.69, 9.17) is 16.3 Å². The lowest BCUT2D eigenvalue weighted by molar-refractivity contribution is -0.113. The zero-order valence-corrected chi connectivity index (χ0v) is 20.0. The lowest BCUT2D eigenvalue weighted by atomic mass is 10.0. The van der Waals surface area contributed by atoms with Crippen LogP contribution in [-0.2, 0) is 18.4 Å². The molecule has 0 aliphatic heterocycles. The number of hydrogen-bond acceptors (Lipinski definition) is 5. The average molecular weight is 510 g/mol. The Bertz CT molecular complexity index is 1020. The average Bonchev–Trinajstić information content (AvgIpc) is 3.07. The van der Waals surface area contributed by atoms with Crippen LogP contribution >= 0.6 is 39.3 Å². The van der Waals surface area contributed by atoms with Gasteiger partial charge in [-0.3, -0.25) is 4.79 Å². The van der Waals surface area contributed by atoms with Crippen molar-refractivity contribution in [3.63, 3.8) is 0 Å². The van der Waals surface area contributed by atoms with E-state index >= 15 is 0 Å². The van der Waals surface area contributed by atoms with Crippen LogP contribution in [0.2, 0.25) is 5.02 Å². The largest absolute Gasteiger partial charge is 0.486 e. The Morgan fingerprint density at radius 1 is 1.23 bits per heavy atom. The van der Waals surface area contributed by atoms with Crippen molar-refractivity contribution in [3.8, 4) is 5.75 Å². The Hall–Kier alpha value is -2.03. The van der Waals surface area contributed by atoms with E-state index in [0.29, 0.717) is 34.2 Å². The number of carbonyl (C=O) groups excluding carboxylic acids is 1. The first-order chi connectivity index (χ1) is 14.3. The Labute approximate surface area is 193 Å². The molecule has 1 N–H and O–H groups in total. The van der Waals surface area contributed by atoms with Gasteiger partial charge in [0.15, 0.2) is 11.0 Å². The fourth-order valence-corrected chi connectivity index (χ4v) is 3.75. The molecule has 0 spiro atoms. The third-order valence-corrected chi connectivity index (χ3v) is 6.63. The molecule has 30 heavy (non-hydrogen) atoms. The molecule has 0 bridgehead atoms. The second-order valence-electron chi connectivity index (χ2n) is 6.94. The summed E-state index contributed by atoms with van der Waals surface area (Å²) in [6.07, 6.45) is 0. The van der Waals surface area contributed by atoms with Crippen LogP contribution in [0.4, 0.5) is 5.69 Å². The van der Waals surface area contributed by atoms with Crippen LogP contribution in [-0.4, -0.2) is 26.4 Å². The van der Waals surface area contributed by atoms with Gasteiger partial charge in [-0.05, 0) is 57.7 Å². The number of nitrogens with one attached hydrogen (secondary N) is 1. The number of nitrogens with zero attached hydrogens (tertiary/aromatic N) is 3. The van der Waals surface area contributed by atoms with Crippen LogP contribution in [0.3, 0.4) is 0 Å². The summed E-state index contributed by atoms with van der Waals surface area (Å²) in [7, 11) is 1.86. The maximum absolute atomic E-state index is 12.2. The molecular weight excluding hydrogens is 488 g/mol. The highest BCUT2D eigenvalue weighted by atomic mass is 79.9. The fraction of sp³-hybridized carbons (Fsp3) is 0.286. The molecule has 6 nitrogen and oxygen atoms in total. The number of rotatable bonds is 8. The standard InChI is InChI=1S/C21H22BrClN4O2S/c1-13(2)14-4-7-16(8-5-14)29-11-19-25-26-21(27(19)3)30-12-20(28)24-15-6-9-17(22)18(23)10-15/h4-10,13H,11-12H2,1-3H3,(H,24,28). The molecule has 0 radical (unpaired) electrons. The summed E-state index contributed by atoms with van der Waals surface area (Å²) in [5.74, 6) is 2.01. The van der Waals surface area contributed by atoms with Gasteiger partial charge in [0, 0.05) is 17.2 Å². The number of amides is 1. The predicted octanol–water partition coefficient (Wildman–Crippen LogP) is 5.66. The third kappa shape index (κ3) is 6.00. The van der Waals surface area contributed by atoms with Crippen LogP contribution in [0.15, 0.2) is 52.1 Å². The summed E-state index contributed by atoms with van der Waals surface area (Å²) >= 11 is 10.7. The Morgan fingerprint density at radius 2 is 1.97 bits per heavy atom. The van der Waals surface area contributed by atoms with Gasteiger partial charge in [-0.2, -0.15) is 0 Å². The summed E-state index contributed by atoms with van der Waals surface area (Å²) in [5.41, 5.74) is 1.91. The van der Waals surface area contributed by atoms with Gasteiger partial charge in [-0.1, -0.05) is 49.3 Å². The van der Waals surface area contributed by atoms with Gasteiger partial charge in [0.2, 0.25) is 5.91 Å². The lowest BCUT2D eigenvalue weighted by Gasteiger charge is -2.09. The van der Waals surface area contributed by atoms with Crippen LogP contribution in [0.5, 0.6) is 5.75 Å². The van der Waals surface area contributed by atoms with E-state index < -0.39 is 0 Å². The van der Waals surface area contributed by atoms with E-state index in [0.717, 1.165) is 10.2 Å². The molecule has 1 aromatic heterocycles. The molecule has 3 rings (SSSR count). The minimum absolute atomic E-state index is 0.149. The van der Waals surface area contributed by atoms with Crippen molar-refractivity contribution in [3.05, 3.63) is 63.3 Å². The van der Waals surface area contributed by atoms with Crippen LogP contribution in [0.25, 0.3) is 0 Å². The summed E-state index contributed by atoms with van der Waals surface area (Å²) in [5, 5.41) is 12.3. The minimum Gasteiger partial charge on any atom is -0.486 e. The van der Waals surface area contributed by atoms with Gasteiger partial charge in [0.1, 0.15) is 12.4 Å². The highest BCUT2D eigenvalue weighted by Crippen LogP contribution is 2.26. The SMILES string of the molecule is CC(C)c1ccc(OCc2nnc(SCC(=O)Nc3ccc(Br)c(Cl)c3)n2C)cc1. The highest BCUT2D eigenvalue weighted by molar-refractivity contribution is 9.10. The van der Waals surface area contributed by atoms with Gasteiger partial charge in [-0.15, -0.1) is 10.2 Å². The topological polar surface area (TPSA) is 69.0 Å². The number of anilines is 1. The first-order valence-electron chi connectivity index (χ1n) is 9.32. The number of benzene rings is 2. The van der Waals surface area contributed by atoms with Crippen molar-refractivity contribution in [2.75, 3.05) is 11.1 Å². The van der Waals surface area contributed by atoms with E-state index in [1.807, 2.05) is 23.7 Å². The number of aromatic nitrogens is 3. The number of thioether (sulfide) groups is 1. The molecule has 1 heterocycles. The summed E-state index contributed by atoms with van der Waals surface area (Å²) in [4.78, 5) is 12.2. The smallest absolute Gasteiger partial charge is 0.234 e. The Morgan fingerprint density at radius 3 is 2.63 bits per heavy atom. The molecule has 0 fully saturated rings. The molecule has 2 aromatic carbocycles. The first kappa shape index (κ1) is 22.7. The normalized spacial score (nSPS) is 11.0. The Balaban J connectivity index is 1.52. The van der Waals surface area contributed by atoms with Crippen LogP contribution < -0.4 is 10.1 Å². The van der Waals surface area contributed by atoms with E-state index in [1.165, 1.54) is 17.3 Å². The zero-order chi connectivity index (χ0) is 21.7. The fourth-order valence-electron chi connectivity index (χ4n) is 2.59. The quantitative estimate of drug-likeness (QED) is 0.397. The van der Waals surface area contributed by atoms with Crippen molar-refractivity contribution < 1.29 is 9.53 Å². The van der Waals surface area contributed by atoms with Crippen LogP contribution in [0, 0.1) is 0 Å². The zero-order valence-electron chi connectivity index (χ0n) is 16.9. The van der Waals surface area contributed by atoms with Gasteiger partial charge >= 0.3 is 0 Å². The third-order valence-electron chi connectivity index (χ3n) is 4.38. The van der Waals surface area contributed by atoms with Gasteiger partial charge < -0.3 is 14.6 Å². The second-order valence-corrected chi connectivity index (χ2v) is 9.14. The molecule has 0 saturated heterocycles. The van der Waals surface area contributed by atoms with Crippen LogP contribution in [0.1, 0.15) is 31.2 Å². The van der Waals surface area contributed by atoms with Gasteiger partial charge in [-0.25, -0.2) is 0 Å². The molecule has 0 unspecified atom stereocenters. The van der Waals surface area contributed by atoms with E-state index in [1.54, 1.807) is 18.2 Å². The molecule has 1 amide bonds. The molecule has 3 aromatic rings. The minimum atomic E-state index is -0.149. The maximum Gasteiger partial charge on any atom is 0.234 e. The summed E-state index contributed by atoms with van der Waals surface area (Å²) < 4.78 is 8.43. The first-order valence-corrected chi connectivity index (χ1v) is 11.5.